The summed E-state index contributed by atoms with van der Waals surface area (Å²) in [6, 6.07) is 0. The number of nitrogens with two attached hydrogens (primary N) is 1. The lowest BCUT2D eigenvalue weighted by molar-refractivity contribution is 0.371. The van der Waals surface area contributed by atoms with Crippen LogP contribution in [0.5, 0.6) is 0 Å². The van der Waals surface area contributed by atoms with Crippen LogP contribution in [0.3, 0.4) is 0 Å². The fourth-order valence-electron chi connectivity index (χ4n) is 2.91. The molecule has 0 radical (unpaired) electrons. The Morgan fingerprint density at radius 1 is 1.25 bits per heavy atom. The van der Waals surface area contributed by atoms with Crippen LogP contribution < -0.4 is 5.73 Å². The second-order valence-corrected chi connectivity index (χ2v) is 6.04. The van der Waals surface area contributed by atoms with E-state index in [2.05, 4.69) is 39.8 Å². The maximum atomic E-state index is 5.87. The Kier molecular flexibility index (Phi) is 2.34. The summed E-state index contributed by atoms with van der Waals surface area (Å²) < 4.78 is 5.47. The summed E-state index contributed by atoms with van der Waals surface area (Å²) in [6.45, 7) is 11.3. The first kappa shape index (κ1) is 11.5. The maximum absolute atomic E-state index is 5.87. The van der Waals surface area contributed by atoms with E-state index in [4.69, 9.17) is 10.3 Å². The number of hydrogen-bond donors (Lipinski definition) is 1. The molecule has 0 aliphatic heterocycles. The van der Waals surface area contributed by atoms with Crippen LogP contribution in [0, 0.1) is 10.8 Å². The van der Waals surface area contributed by atoms with Gasteiger partial charge in [0.15, 0.2) is 5.82 Å². The van der Waals surface area contributed by atoms with E-state index in [1.165, 1.54) is 0 Å². The molecule has 3 nitrogen and oxygen atoms in total. The van der Waals surface area contributed by atoms with Gasteiger partial charge in [0.2, 0.25) is 0 Å². The molecule has 3 heteroatoms. The molecule has 0 bridgehead atoms. The van der Waals surface area contributed by atoms with Crippen molar-refractivity contribution in [2.45, 2.75) is 53.4 Å². The second-order valence-electron chi connectivity index (χ2n) is 6.04. The molecule has 0 aromatic carbocycles. The van der Waals surface area contributed by atoms with Gasteiger partial charge in [-0.05, 0) is 17.3 Å². The van der Waals surface area contributed by atoms with Crippen molar-refractivity contribution in [3.63, 3.8) is 0 Å². The van der Waals surface area contributed by atoms with Gasteiger partial charge in [-0.3, -0.25) is 0 Å². The van der Waals surface area contributed by atoms with Crippen molar-refractivity contribution in [3.05, 3.63) is 11.3 Å². The average molecular weight is 222 g/mol. The maximum Gasteiger partial charge on any atom is 0.170 e. The lowest BCUT2D eigenvalue weighted by atomic mass is 10.0. The molecule has 1 saturated carbocycles. The van der Waals surface area contributed by atoms with Crippen LogP contribution >= 0.6 is 0 Å². The van der Waals surface area contributed by atoms with E-state index in [-0.39, 0.29) is 10.8 Å². The van der Waals surface area contributed by atoms with Crippen LogP contribution in [0.2, 0.25) is 0 Å². The quantitative estimate of drug-likeness (QED) is 0.853. The third-order valence-electron chi connectivity index (χ3n) is 4.63. The fraction of sp³-hybridized carbons (Fsp3) is 0.769. The van der Waals surface area contributed by atoms with E-state index in [0.29, 0.717) is 11.7 Å². The first-order valence-corrected chi connectivity index (χ1v) is 6.08. The second kappa shape index (κ2) is 3.25. The van der Waals surface area contributed by atoms with E-state index in [9.17, 15) is 0 Å². The summed E-state index contributed by atoms with van der Waals surface area (Å²) in [6.07, 6.45) is 2.04. The van der Waals surface area contributed by atoms with Crippen molar-refractivity contribution in [1.82, 2.24) is 5.16 Å². The molecule has 1 aromatic heterocycles. The molecule has 0 unspecified atom stereocenters. The van der Waals surface area contributed by atoms with Crippen molar-refractivity contribution in [2.75, 3.05) is 5.73 Å². The average Bonchev–Trinajstić information content (AvgIpc) is 2.45. The van der Waals surface area contributed by atoms with E-state index in [1.54, 1.807) is 0 Å². The highest BCUT2D eigenvalue weighted by atomic mass is 16.5. The van der Waals surface area contributed by atoms with Crippen LogP contribution in [0.15, 0.2) is 4.52 Å². The molecule has 0 spiro atoms. The highest BCUT2D eigenvalue weighted by molar-refractivity contribution is 5.46. The molecular weight excluding hydrogens is 200 g/mol. The van der Waals surface area contributed by atoms with E-state index < -0.39 is 0 Å². The van der Waals surface area contributed by atoms with Gasteiger partial charge in [-0.1, -0.05) is 46.2 Å². The summed E-state index contributed by atoms with van der Waals surface area (Å²) >= 11 is 0. The molecule has 1 aliphatic carbocycles. The predicted molar refractivity (Wildman–Crippen MR) is 65.2 cm³/mol. The third-order valence-corrected chi connectivity index (χ3v) is 4.63. The molecule has 1 fully saturated rings. The normalized spacial score (nSPS) is 22.3. The molecule has 90 valence electrons. The number of anilines is 1. The van der Waals surface area contributed by atoms with Crippen molar-refractivity contribution >= 4 is 5.82 Å². The summed E-state index contributed by atoms with van der Waals surface area (Å²) in [7, 11) is 0. The van der Waals surface area contributed by atoms with Gasteiger partial charge in [0.25, 0.3) is 0 Å². The van der Waals surface area contributed by atoms with Crippen molar-refractivity contribution in [1.29, 1.82) is 0 Å². The first-order valence-electron chi connectivity index (χ1n) is 6.08. The molecule has 16 heavy (non-hydrogen) atoms. The molecular formula is C13H22N2O. The zero-order valence-electron chi connectivity index (χ0n) is 10.9. The number of nitrogen functional groups attached to an aromatic ring is 1. The Morgan fingerprint density at radius 3 is 2.25 bits per heavy atom. The van der Waals surface area contributed by atoms with Gasteiger partial charge in [-0.25, -0.2) is 0 Å². The minimum absolute atomic E-state index is 0.279. The van der Waals surface area contributed by atoms with Crippen LogP contribution in [-0.2, 0) is 6.42 Å². The van der Waals surface area contributed by atoms with Gasteiger partial charge < -0.3 is 10.3 Å². The van der Waals surface area contributed by atoms with Gasteiger partial charge in [0.05, 0.1) is 0 Å². The Balaban J connectivity index is 2.37. The lowest BCUT2D eigenvalue weighted by Crippen LogP contribution is -1.96. The Hall–Kier alpha value is -0.990. The minimum Gasteiger partial charge on any atom is -0.381 e. The molecule has 0 amide bonds. The van der Waals surface area contributed by atoms with E-state index in [0.717, 1.165) is 24.2 Å². The smallest absolute Gasteiger partial charge is 0.170 e. The summed E-state index contributed by atoms with van der Waals surface area (Å²) in [4.78, 5) is 0. The summed E-state index contributed by atoms with van der Waals surface area (Å²) in [5.74, 6) is 2.05. The van der Waals surface area contributed by atoms with Gasteiger partial charge in [-0.2, -0.15) is 0 Å². The molecule has 1 aliphatic rings. The third kappa shape index (κ3) is 1.30. The van der Waals surface area contributed by atoms with E-state index >= 15 is 0 Å². The standard InChI is InChI=1S/C13H22N2O/c1-6-7-8-9(16-15-11(8)14)10-12(2,3)13(10,4)5/h10H,6-7H2,1-5H3,(H2,14,15). The number of nitrogens with zero attached hydrogens (tertiary/aromatic N) is 1. The van der Waals surface area contributed by atoms with E-state index in [1.807, 2.05) is 0 Å². The van der Waals surface area contributed by atoms with Crippen molar-refractivity contribution in [3.8, 4) is 0 Å². The molecule has 0 saturated heterocycles. The predicted octanol–water partition coefficient (Wildman–Crippen LogP) is 3.36. The zero-order valence-corrected chi connectivity index (χ0v) is 10.9. The number of aromatic nitrogens is 1. The van der Waals surface area contributed by atoms with Crippen LogP contribution in [0.1, 0.15) is 58.3 Å². The minimum atomic E-state index is 0.279. The van der Waals surface area contributed by atoms with Crippen LogP contribution in [0.4, 0.5) is 5.82 Å². The molecule has 1 heterocycles. The van der Waals surface area contributed by atoms with Gasteiger partial charge in [-0.15, -0.1) is 0 Å². The van der Waals surface area contributed by atoms with Crippen LogP contribution in [-0.4, -0.2) is 5.16 Å². The summed E-state index contributed by atoms with van der Waals surface area (Å²) in [5, 5.41) is 3.93. The Morgan fingerprint density at radius 2 is 1.81 bits per heavy atom. The lowest BCUT2D eigenvalue weighted by Gasteiger charge is -2.03. The topological polar surface area (TPSA) is 52.0 Å². The van der Waals surface area contributed by atoms with Crippen molar-refractivity contribution in [2.24, 2.45) is 10.8 Å². The molecule has 0 atom stereocenters. The highest BCUT2D eigenvalue weighted by Gasteiger charge is 2.67. The summed E-state index contributed by atoms with van der Waals surface area (Å²) in [5.41, 5.74) is 7.55. The van der Waals surface area contributed by atoms with Crippen LogP contribution in [0.25, 0.3) is 0 Å². The van der Waals surface area contributed by atoms with Crippen molar-refractivity contribution < 1.29 is 4.52 Å². The monoisotopic (exact) mass is 222 g/mol. The van der Waals surface area contributed by atoms with Gasteiger partial charge >= 0.3 is 0 Å². The Labute approximate surface area is 97.4 Å². The number of hydrogen-bond acceptors (Lipinski definition) is 3. The first-order chi connectivity index (χ1) is 7.34. The SMILES string of the molecule is CCCc1c(N)noc1C1C(C)(C)C1(C)C. The number of rotatable bonds is 3. The fourth-order valence-corrected chi connectivity index (χ4v) is 2.91. The highest BCUT2D eigenvalue weighted by Crippen LogP contribution is 2.74. The molecule has 2 rings (SSSR count). The van der Waals surface area contributed by atoms with Gasteiger partial charge in [0, 0.05) is 11.5 Å². The Bertz CT molecular complexity index is 390. The molecule has 1 aromatic rings. The zero-order chi connectivity index (χ0) is 12.1. The molecule has 2 N–H and O–H groups in total. The van der Waals surface area contributed by atoms with Gasteiger partial charge in [0.1, 0.15) is 5.76 Å². The largest absolute Gasteiger partial charge is 0.381 e.